The Kier molecular flexibility index (Phi) is 8.20. The van der Waals surface area contributed by atoms with E-state index in [9.17, 15) is 0 Å². The van der Waals surface area contributed by atoms with E-state index in [2.05, 4.69) is 70.3 Å². The molecule has 1 aliphatic heterocycles. The molecule has 6 heteroatoms. The van der Waals surface area contributed by atoms with Crippen LogP contribution in [0.2, 0.25) is 13.1 Å². The van der Waals surface area contributed by atoms with Gasteiger partial charge in [0.2, 0.25) is 0 Å². The van der Waals surface area contributed by atoms with Crippen LogP contribution in [0.4, 0.5) is 0 Å². The standard InChI is InChI=1S/C23H22S2Si.2ClH.Zr/c1-12-10-15-8-6-7-9-16(15)19(12)20-13(2)24-17-11-18-22(21(17)20)23(26(4)5)14(3)25-18;;;/h6-10,17,19H,1-5H3;2*1H;/q-1;;;. The van der Waals surface area contributed by atoms with Crippen molar-refractivity contribution in [2.45, 2.75) is 45.0 Å². The van der Waals surface area contributed by atoms with Crippen molar-refractivity contribution in [3.8, 4) is 0 Å². The Labute approximate surface area is 215 Å². The van der Waals surface area contributed by atoms with E-state index >= 15 is 0 Å². The molecule has 2 unspecified atom stereocenters. The van der Waals surface area contributed by atoms with Crippen molar-refractivity contribution in [2.24, 2.45) is 0 Å². The van der Waals surface area contributed by atoms with Crippen LogP contribution in [0.5, 0.6) is 0 Å². The molecule has 2 heterocycles. The van der Waals surface area contributed by atoms with Gasteiger partial charge in [0.25, 0.3) is 0 Å². The van der Waals surface area contributed by atoms with Crippen LogP contribution in [0, 0.1) is 6.92 Å². The molecule has 3 aliphatic rings. The summed E-state index contributed by atoms with van der Waals surface area (Å²) in [7, 11) is -0.495. The summed E-state index contributed by atoms with van der Waals surface area (Å²) < 4.78 is 1.41. The molecule has 1 radical (unpaired) electrons. The maximum absolute atomic E-state index is 3.83. The number of thioether (sulfide) groups is 1. The molecule has 0 N–H and O–H groups in total. The first-order valence-corrected chi connectivity index (χ1v) is 13.4. The van der Waals surface area contributed by atoms with Crippen molar-refractivity contribution >= 4 is 79.6 Å². The van der Waals surface area contributed by atoms with Gasteiger partial charge >= 0.3 is 0 Å². The van der Waals surface area contributed by atoms with E-state index in [-0.39, 0.29) is 51.0 Å². The van der Waals surface area contributed by atoms with Crippen molar-refractivity contribution in [3.05, 3.63) is 66.1 Å². The molecule has 29 heavy (non-hydrogen) atoms. The van der Waals surface area contributed by atoms with Crippen LogP contribution in [0.25, 0.3) is 17.7 Å². The minimum absolute atomic E-state index is 0. The molecule has 0 fully saturated rings. The Morgan fingerprint density at radius 3 is 2.38 bits per heavy atom. The number of hydrogen-bond acceptors (Lipinski definition) is 2. The largest absolute Gasteiger partial charge is 0.240 e. The fourth-order valence-corrected chi connectivity index (χ4v) is 9.49. The average molecular weight is 555 g/mol. The molecule has 1 aromatic heterocycles. The molecule has 2 aromatic rings. The zero-order valence-corrected chi connectivity index (χ0v) is 23.9. The molecule has 0 bridgehead atoms. The second-order valence-electron chi connectivity index (χ2n) is 7.71. The van der Waals surface area contributed by atoms with Crippen LogP contribution >= 0.6 is 47.9 Å². The summed E-state index contributed by atoms with van der Waals surface area (Å²) in [5.74, 6) is 0.420. The van der Waals surface area contributed by atoms with Crippen LogP contribution < -0.4 is 14.9 Å². The molecule has 0 spiro atoms. The molecule has 0 saturated heterocycles. The van der Waals surface area contributed by atoms with Gasteiger partial charge < -0.3 is 0 Å². The number of aryl methyl sites for hydroxylation is 1. The predicted molar refractivity (Wildman–Crippen MR) is 134 cm³/mol. The topological polar surface area (TPSA) is 0 Å². The van der Waals surface area contributed by atoms with E-state index < -0.39 is 8.80 Å². The normalized spacial score (nSPS) is 20.9. The van der Waals surface area contributed by atoms with E-state index in [0.29, 0.717) is 11.2 Å². The molecule has 5 rings (SSSR count). The first-order chi connectivity index (χ1) is 12.5. The molecule has 0 amide bonds. The molecule has 1 aromatic carbocycles. The summed E-state index contributed by atoms with van der Waals surface area (Å²) in [6, 6.07) is 8.93. The SMILES string of the molecule is CC1=Cc2ccccc2C1C1=C(C)SC2[C-]=c3sc(C)c([Si](C)C)c3=C12.Cl.Cl.[Zr]. The van der Waals surface area contributed by atoms with Gasteiger partial charge in [-0.05, 0) is 52.5 Å². The molecule has 2 atom stereocenters. The minimum atomic E-state index is -0.495. The Bertz CT molecular complexity index is 1140. The van der Waals surface area contributed by atoms with Gasteiger partial charge in [0.15, 0.2) is 0 Å². The van der Waals surface area contributed by atoms with Crippen molar-refractivity contribution in [1.29, 1.82) is 0 Å². The van der Waals surface area contributed by atoms with Crippen LogP contribution in [-0.4, -0.2) is 14.0 Å². The number of halogens is 2. The summed E-state index contributed by atoms with van der Waals surface area (Å²) in [4.78, 5) is 3.01. The van der Waals surface area contributed by atoms with E-state index in [1.54, 1.807) is 21.6 Å². The van der Waals surface area contributed by atoms with Crippen LogP contribution in [0.3, 0.4) is 0 Å². The zero-order chi connectivity index (χ0) is 18.2. The monoisotopic (exact) mass is 552 g/mol. The maximum atomic E-state index is 3.83. The Morgan fingerprint density at radius 1 is 1.00 bits per heavy atom. The maximum Gasteiger partial charge on any atom is 0.0592 e. The van der Waals surface area contributed by atoms with Crippen molar-refractivity contribution in [2.75, 3.05) is 0 Å². The number of benzene rings is 1. The number of hydrogen-bond donors (Lipinski definition) is 0. The zero-order valence-electron chi connectivity index (χ0n) is 17.2. The van der Waals surface area contributed by atoms with Gasteiger partial charge in [-0.3, -0.25) is 0 Å². The minimum Gasteiger partial charge on any atom is -0.240 e. The van der Waals surface area contributed by atoms with Crippen molar-refractivity contribution < 1.29 is 26.2 Å². The fourth-order valence-electron chi connectivity index (χ4n) is 4.84. The fraction of sp³-hybridized carbons (Fsp3) is 0.304. The Balaban J connectivity index is 0.000001000. The van der Waals surface area contributed by atoms with Crippen LogP contribution in [0.15, 0.2) is 40.3 Å². The van der Waals surface area contributed by atoms with Crippen molar-refractivity contribution in [3.63, 3.8) is 0 Å². The Morgan fingerprint density at radius 2 is 1.69 bits per heavy atom. The molecular weight excluding hydrogens is 531 g/mol. The van der Waals surface area contributed by atoms with E-state index in [0.717, 1.165) is 0 Å². The molecule has 151 valence electrons. The van der Waals surface area contributed by atoms with Crippen molar-refractivity contribution in [1.82, 2.24) is 0 Å². The van der Waals surface area contributed by atoms with Gasteiger partial charge in [0, 0.05) is 32.1 Å². The summed E-state index contributed by atoms with van der Waals surface area (Å²) in [6.07, 6.45) is 6.22. The number of fused-ring (bicyclic) bond motifs is 3. The number of allylic oxidation sites excluding steroid dienone is 3. The second kappa shape index (κ2) is 9.35. The van der Waals surface area contributed by atoms with Crippen LogP contribution in [-0.2, 0) is 26.2 Å². The van der Waals surface area contributed by atoms with Gasteiger partial charge in [-0.2, -0.15) is 16.6 Å². The summed E-state index contributed by atoms with van der Waals surface area (Å²) in [6.45, 7) is 11.8. The summed E-state index contributed by atoms with van der Waals surface area (Å²) in [5, 5.41) is 3.63. The Hall–Kier alpha value is 0.170. The number of thiophene rings is 1. The van der Waals surface area contributed by atoms with Gasteiger partial charge in [0.05, 0.1) is 8.80 Å². The smallest absolute Gasteiger partial charge is 0.0592 e. The molecule has 0 saturated carbocycles. The van der Waals surface area contributed by atoms with Gasteiger partial charge in [-0.1, -0.05) is 49.0 Å². The molecule has 0 nitrogen and oxygen atoms in total. The van der Waals surface area contributed by atoms with E-state index in [4.69, 9.17) is 0 Å². The molecular formula is C23H24Cl2S2SiZr-. The number of rotatable bonds is 2. The first-order valence-electron chi connectivity index (χ1n) is 9.20. The van der Waals surface area contributed by atoms with E-state index in [1.807, 2.05) is 23.1 Å². The third-order valence-corrected chi connectivity index (χ3v) is 9.78. The summed E-state index contributed by atoms with van der Waals surface area (Å²) in [5.41, 5.74) is 7.52. The van der Waals surface area contributed by atoms with Crippen LogP contribution in [0.1, 0.15) is 35.8 Å². The van der Waals surface area contributed by atoms with Gasteiger partial charge in [0.1, 0.15) is 0 Å². The third kappa shape index (κ3) is 3.81. The summed E-state index contributed by atoms with van der Waals surface area (Å²) >= 11 is 3.98. The molecule has 2 aliphatic carbocycles. The third-order valence-electron chi connectivity index (χ3n) is 5.78. The predicted octanol–water partition coefficient (Wildman–Crippen LogP) is 5.27. The average Bonchev–Trinajstić information content (AvgIpc) is 3.24. The quantitative estimate of drug-likeness (QED) is 0.360. The van der Waals surface area contributed by atoms with Gasteiger partial charge in [-0.15, -0.1) is 51.9 Å². The van der Waals surface area contributed by atoms with Gasteiger partial charge in [-0.25, -0.2) is 6.08 Å². The second-order valence-corrected chi connectivity index (χ2v) is 12.8. The first kappa shape index (κ1) is 25.4. The van der Waals surface area contributed by atoms with E-state index in [1.165, 1.54) is 31.0 Å².